The zero-order chi connectivity index (χ0) is 24.9. The molecule has 2 saturated heterocycles. The molecule has 0 saturated carbocycles. The van der Waals surface area contributed by atoms with Crippen molar-refractivity contribution in [2.45, 2.75) is 25.7 Å². The highest BCUT2D eigenvalue weighted by molar-refractivity contribution is 5.96. The lowest BCUT2D eigenvalue weighted by molar-refractivity contribution is 0.198. The molecule has 0 spiro atoms. The van der Waals surface area contributed by atoms with Gasteiger partial charge in [0.25, 0.3) is 0 Å². The van der Waals surface area contributed by atoms with Gasteiger partial charge in [0, 0.05) is 50.0 Å². The number of rotatable bonds is 7. The molecule has 2 aliphatic heterocycles. The highest BCUT2D eigenvalue weighted by atomic mass is 19.1. The third-order valence-electron chi connectivity index (χ3n) is 7.42. The molecule has 36 heavy (non-hydrogen) atoms. The topological polar surface area (TPSA) is 77.3 Å². The predicted molar refractivity (Wildman–Crippen MR) is 145 cm³/mol. The molecule has 5 rings (SSSR count). The lowest BCUT2D eigenvalue weighted by Gasteiger charge is -2.37. The smallest absolute Gasteiger partial charge is 0.165 e. The largest absolute Gasteiger partial charge is 0.403 e. The average Bonchev–Trinajstić information content (AvgIpc) is 3.27. The molecule has 0 radical (unpaired) electrons. The zero-order valence-corrected chi connectivity index (χ0v) is 20.9. The summed E-state index contributed by atoms with van der Waals surface area (Å²) in [5.74, 6) is -0.315. The number of nitrogens with one attached hydrogen (secondary N) is 1. The van der Waals surface area contributed by atoms with E-state index in [1.807, 2.05) is 18.2 Å². The number of piperazine rings is 1. The maximum atomic E-state index is 15.3. The summed E-state index contributed by atoms with van der Waals surface area (Å²) in [6.45, 7) is 12.4. The van der Waals surface area contributed by atoms with E-state index in [0.29, 0.717) is 16.7 Å². The predicted octanol–water partition coefficient (Wildman–Crippen LogP) is 2.29. The van der Waals surface area contributed by atoms with Crippen LogP contribution in [-0.4, -0.2) is 77.1 Å². The molecular weight excluding hydrogens is 453 g/mol. The summed E-state index contributed by atoms with van der Waals surface area (Å²) in [6.07, 6.45) is 13.5. The second-order valence-corrected chi connectivity index (χ2v) is 9.79. The van der Waals surface area contributed by atoms with E-state index in [1.54, 1.807) is 12.4 Å². The molecule has 0 amide bonds. The number of pyridine rings is 2. The maximum absolute atomic E-state index is 15.3. The van der Waals surface area contributed by atoms with Gasteiger partial charge in [0.2, 0.25) is 0 Å². The Morgan fingerprint density at radius 2 is 1.81 bits per heavy atom. The number of hydrogen-bond donors (Lipinski definition) is 2. The highest BCUT2D eigenvalue weighted by Crippen LogP contribution is 2.27. The number of halogens is 1. The first-order chi connectivity index (χ1) is 17.6. The highest BCUT2D eigenvalue weighted by Gasteiger charge is 2.23. The molecule has 0 atom stereocenters. The number of aromatic amines is 1. The van der Waals surface area contributed by atoms with E-state index in [-0.39, 0.29) is 5.82 Å². The molecular formula is C28H36FN7. The van der Waals surface area contributed by atoms with Crippen LogP contribution in [0.2, 0.25) is 0 Å². The van der Waals surface area contributed by atoms with Crippen molar-refractivity contribution in [3.05, 3.63) is 59.3 Å². The van der Waals surface area contributed by atoms with Crippen molar-refractivity contribution >= 4 is 34.6 Å². The number of piperidine rings is 1. The van der Waals surface area contributed by atoms with E-state index < -0.39 is 0 Å². The van der Waals surface area contributed by atoms with Crippen LogP contribution in [0.25, 0.3) is 28.9 Å². The Kier molecular flexibility index (Phi) is 7.63. The van der Waals surface area contributed by atoms with Gasteiger partial charge in [0.1, 0.15) is 5.65 Å². The Balaban J connectivity index is 1.36. The molecule has 3 aromatic rings. The number of nitrogens with two attached hydrogens (primary N) is 1. The number of aromatic nitrogens is 3. The van der Waals surface area contributed by atoms with Gasteiger partial charge in [-0.25, -0.2) is 9.37 Å². The molecule has 0 bridgehead atoms. The van der Waals surface area contributed by atoms with Gasteiger partial charge in [0.15, 0.2) is 5.82 Å². The van der Waals surface area contributed by atoms with E-state index in [2.05, 4.69) is 36.2 Å². The van der Waals surface area contributed by atoms with Gasteiger partial charge in [-0.3, -0.25) is 9.88 Å². The van der Waals surface area contributed by atoms with Gasteiger partial charge in [-0.1, -0.05) is 19.1 Å². The van der Waals surface area contributed by atoms with Crippen LogP contribution in [0.15, 0.2) is 37.3 Å². The van der Waals surface area contributed by atoms with E-state index in [4.69, 9.17) is 5.73 Å². The van der Waals surface area contributed by atoms with Crippen LogP contribution in [0.3, 0.4) is 0 Å². The fraction of sp³-hybridized carbons (Fsp3) is 0.429. The van der Waals surface area contributed by atoms with Gasteiger partial charge in [0.05, 0.1) is 22.6 Å². The summed E-state index contributed by atoms with van der Waals surface area (Å²) in [7, 11) is 0. The van der Waals surface area contributed by atoms with Crippen molar-refractivity contribution < 1.29 is 4.39 Å². The van der Waals surface area contributed by atoms with Crippen molar-refractivity contribution in [3.63, 3.8) is 0 Å². The minimum atomic E-state index is -0.315. The molecule has 8 heteroatoms. The summed E-state index contributed by atoms with van der Waals surface area (Å²) in [5.41, 5.74) is 8.84. The van der Waals surface area contributed by atoms with Gasteiger partial charge in [-0.05, 0) is 68.7 Å². The molecule has 0 unspecified atom stereocenters. The molecule has 2 fully saturated rings. The summed E-state index contributed by atoms with van der Waals surface area (Å²) in [5, 5.41) is 2.24. The van der Waals surface area contributed by atoms with Crippen molar-refractivity contribution in [1.29, 1.82) is 0 Å². The maximum Gasteiger partial charge on any atom is 0.165 e. The molecule has 3 N–H and O–H groups in total. The first-order valence-corrected chi connectivity index (χ1v) is 13.0. The Morgan fingerprint density at radius 3 is 2.50 bits per heavy atom. The monoisotopic (exact) mass is 489 g/mol. The zero-order valence-electron chi connectivity index (χ0n) is 20.9. The molecule has 5 heterocycles. The Labute approximate surface area is 211 Å². The second-order valence-electron chi connectivity index (χ2n) is 9.79. The number of hydrogen-bond acceptors (Lipinski definition) is 6. The molecule has 2 aliphatic rings. The summed E-state index contributed by atoms with van der Waals surface area (Å²) < 4.78 is 15.3. The SMILES string of the molecule is C=C(/C=c1\c(=C/N)[nH]c2ncc(F)c(N3CCN(CCCN4CCCCC4)CC3)c12)c1cccnc1. The summed E-state index contributed by atoms with van der Waals surface area (Å²) in [6, 6.07) is 3.83. The van der Waals surface area contributed by atoms with Crippen molar-refractivity contribution in [1.82, 2.24) is 24.8 Å². The van der Waals surface area contributed by atoms with Crippen LogP contribution in [-0.2, 0) is 0 Å². The summed E-state index contributed by atoms with van der Waals surface area (Å²) >= 11 is 0. The lowest BCUT2D eigenvalue weighted by Crippen LogP contribution is -2.47. The van der Waals surface area contributed by atoms with Gasteiger partial charge < -0.3 is 20.5 Å². The third-order valence-corrected chi connectivity index (χ3v) is 7.42. The van der Waals surface area contributed by atoms with Crippen LogP contribution >= 0.6 is 0 Å². The fourth-order valence-electron chi connectivity index (χ4n) is 5.45. The fourth-order valence-corrected chi connectivity index (χ4v) is 5.45. The molecule has 190 valence electrons. The van der Waals surface area contributed by atoms with E-state index in [1.165, 1.54) is 57.7 Å². The number of likely N-dealkylation sites (tertiary alicyclic amines) is 1. The van der Waals surface area contributed by atoms with Gasteiger partial charge >= 0.3 is 0 Å². The first-order valence-electron chi connectivity index (χ1n) is 13.0. The van der Waals surface area contributed by atoms with Crippen LogP contribution < -0.4 is 21.2 Å². The summed E-state index contributed by atoms with van der Waals surface area (Å²) in [4.78, 5) is 19.0. The Morgan fingerprint density at radius 1 is 1.06 bits per heavy atom. The van der Waals surface area contributed by atoms with E-state index >= 15 is 4.39 Å². The Bertz CT molecular complexity index is 1300. The van der Waals surface area contributed by atoms with Crippen LogP contribution in [0.5, 0.6) is 0 Å². The van der Waals surface area contributed by atoms with Crippen LogP contribution in [0, 0.1) is 5.82 Å². The van der Waals surface area contributed by atoms with Crippen LogP contribution in [0.4, 0.5) is 10.1 Å². The van der Waals surface area contributed by atoms with Crippen molar-refractivity contribution in [2.24, 2.45) is 5.73 Å². The third kappa shape index (κ3) is 5.29. The number of anilines is 1. The second kappa shape index (κ2) is 11.2. The molecule has 3 aromatic heterocycles. The number of allylic oxidation sites excluding steroid dienone is 1. The van der Waals surface area contributed by atoms with Gasteiger partial charge in [-0.15, -0.1) is 0 Å². The number of nitrogens with zero attached hydrogens (tertiary/aromatic N) is 5. The molecule has 7 nitrogen and oxygen atoms in total. The van der Waals surface area contributed by atoms with E-state index in [0.717, 1.165) is 54.5 Å². The number of H-pyrrole nitrogens is 1. The minimum Gasteiger partial charge on any atom is -0.403 e. The normalized spacial score (nSPS) is 18.9. The van der Waals surface area contributed by atoms with Crippen molar-refractivity contribution in [3.8, 4) is 0 Å². The standard InChI is InChI=1S/C28H36FN7/c1-21(22-7-5-8-31-19-22)17-23-25(18-30)33-28-26(23)27(24(29)20-32-28)36-15-13-35(14-16-36)12-6-11-34-9-3-2-4-10-34/h5,7-8,17-20H,1-4,6,9-16,30H2,(H,32,33)/b23-17+,25-18+. The number of fused-ring (bicyclic) bond motifs is 1. The molecule has 0 aliphatic carbocycles. The van der Waals surface area contributed by atoms with Crippen LogP contribution in [0.1, 0.15) is 31.2 Å². The Hall–Kier alpha value is -3.23. The minimum absolute atomic E-state index is 0.315. The quantitative estimate of drug-likeness (QED) is 0.530. The van der Waals surface area contributed by atoms with E-state index in [9.17, 15) is 0 Å². The van der Waals surface area contributed by atoms with Crippen molar-refractivity contribution in [2.75, 3.05) is 57.3 Å². The molecule has 0 aromatic carbocycles. The lowest BCUT2D eigenvalue weighted by atomic mass is 10.1. The first kappa shape index (κ1) is 24.5. The van der Waals surface area contributed by atoms with Gasteiger partial charge in [-0.2, -0.15) is 0 Å². The average molecular weight is 490 g/mol.